The first-order valence-electron chi connectivity index (χ1n) is 9.31. The van der Waals surface area contributed by atoms with E-state index in [2.05, 4.69) is 39.5 Å². The van der Waals surface area contributed by atoms with Crippen molar-refractivity contribution < 1.29 is 9.18 Å². The molecule has 138 valence electrons. The zero-order chi connectivity index (χ0) is 18.6. The Morgan fingerprint density at radius 1 is 1.11 bits per heavy atom. The highest BCUT2D eigenvalue weighted by Gasteiger charge is 2.23. The third-order valence-corrected chi connectivity index (χ3v) is 5.16. The number of rotatable bonds is 5. The van der Waals surface area contributed by atoms with Gasteiger partial charge in [-0.25, -0.2) is 9.37 Å². The standard InChI is InChI=1S/C22H22FN3O/c23-19-8-4-7-17-9-10-20(25-21(17)19)22(27)24-12-14-26-13-11-18(15-26)16-5-2-1-3-6-16/h1-10,18H,11-15H2,(H,24,27)/t18-/m1/s1. The van der Waals surface area contributed by atoms with E-state index in [1.807, 2.05) is 6.07 Å². The summed E-state index contributed by atoms with van der Waals surface area (Å²) in [5.74, 6) is -0.114. The van der Waals surface area contributed by atoms with Crippen molar-refractivity contribution in [3.8, 4) is 0 Å². The number of pyridine rings is 1. The van der Waals surface area contributed by atoms with Crippen LogP contribution in [-0.2, 0) is 0 Å². The highest BCUT2D eigenvalue weighted by molar-refractivity contribution is 5.94. The lowest BCUT2D eigenvalue weighted by atomic mass is 9.99. The van der Waals surface area contributed by atoms with Crippen LogP contribution in [0.1, 0.15) is 28.4 Å². The summed E-state index contributed by atoms with van der Waals surface area (Å²) in [6.07, 6.45) is 1.14. The normalized spacial score (nSPS) is 17.3. The zero-order valence-corrected chi connectivity index (χ0v) is 15.1. The third kappa shape index (κ3) is 3.98. The molecule has 5 heteroatoms. The molecule has 0 aliphatic carbocycles. The van der Waals surface area contributed by atoms with Gasteiger partial charge >= 0.3 is 0 Å². The number of halogens is 1. The molecule has 0 saturated carbocycles. The predicted octanol–water partition coefficient (Wildman–Crippen LogP) is 3.59. The van der Waals surface area contributed by atoms with Gasteiger partial charge in [-0.2, -0.15) is 0 Å². The van der Waals surface area contributed by atoms with Gasteiger partial charge in [-0.15, -0.1) is 0 Å². The molecule has 4 rings (SSSR count). The van der Waals surface area contributed by atoms with Crippen LogP contribution in [0.15, 0.2) is 60.7 Å². The molecule has 0 bridgehead atoms. The Labute approximate surface area is 158 Å². The molecule has 0 unspecified atom stereocenters. The SMILES string of the molecule is O=C(NCCN1CC[C@@H](c2ccccc2)C1)c1ccc2cccc(F)c2n1. The van der Waals surface area contributed by atoms with Gasteiger partial charge in [-0.05, 0) is 36.6 Å². The summed E-state index contributed by atoms with van der Waals surface area (Å²) in [5.41, 5.74) is 1.86. The summed E-state index contributed by atoms with van der Waals surface area (Å²) >= 11 is 0. The van der Waals surface area contributed by atoms with Gasteiger partial charge in [0, 0.05) is 25.0 Å². The van der Waals surface area contributed by atoms with Gasteiger partial charge < -0.3 is 10.2 Å². The van der Waals surface area contributed by atoms with Crippen molar-refractivity contribution in [2.75, 3.05) is 26.2 Å². The van der Waals surface area contributed by atoms with Crippen molar-refractivity contribution in [3.63, 3.8) is 0 Å². The molecular weight excluding hydrogens is 341 g/mol. The molecule has 1 atom stereocenters. The van der Waals surface area contributed by atoms with Gasteiger partial charge in [-0.3, -0.25) is 4.79 Å². The van der Waals surface area contributed by atoms with Crippen molar-refractivity contribution in [2.24, 2.45) is 0 Å². The van der Waals surface area contributed by atoms with Crippen LogP contribution in [0, 0.1) is 5.82 Å². The van der Waals surface area contributed by atoms with E-state index in [0.29, 0.717) is 17.8 Å². The molecule has 2 aromatic carbocycles. The lowest BCUT2D eigenvalue weighted by Gasteiger charge is -2.16. The van der Waals surface area contributed by atoms with E-state index >= 15 is 0 Å². The van der Waals surface area contributed by atoms with Crippen molar-refractivity contribution in [1.82, 2.24) is 15.2 Å². The zero-order valence-electron chi connectivity index (χ0n) is 15.1. The highest BCUT2D eigenvalue weighted by Crippen LogP contribution is 2.26. The number of para-hydroxylation sites is 1. The van der Waals surface area contributed by atoms with Crippen molar-refractivity contribution in [2.45, 2.75) is 12.3 Å². The quantitative estimate of drug-likeness (QED) is 0.753. The topological polar surface area (TPSA) is 45.2 Å². The number of carbonyl (C=O) groups is 1. The molecule has 27 heavy (non-hydrogen) atoms. The van der Waals surface area contributed by atoms with E-state index in [4.69, 9.17) is 0 Å². The number of carbonyl (C=O) groups excluding carboxylic acids is 1. The van der Waals surface area contributed by atoms with E-state index in [0.717, 1.165) is 26.1 Å². The summed E-state index contributed by atoms with van der Waals surface area (Å²) in [5, 5.41) is 3.59. The molecule has 2 heterocycles. The number of benzene rings is 2. The average molecular weight is 363 g/mol. The van der Waals surface area contributed by atoms with Crippen LogP contribution in [0.25, 0.3) is 10.9 Å². The van der Waals surface area contributed by atoms with Gasteiger partial charge in [0.2, 0.25) is 0 Å². The molecule has 1 saturated heterocycles. The van der Waals surface area contributed by atoms with Crippen LogP contribution in [0.5, 0.6) is 0 Å². The number of hydrogen-bond acceptors (Lipinski definition) is 3. The Kier molecular flexibility index (Phi) is 5.12. The van der Waals surface area contributed by atoms with Gasteiger partial charge in [-0.1, -0.05) is 48.5 Å². The van der Waals surface area contributed by atoms with Crippen molar-refractivity contribution in [3.05, 3.63) is 77.7 Å². The molecule has 4 nitrogen and oxygen atoms in total. The number of fused-ring (bicyclic) bond motifs is 1. The Hall–Kier alpha value is -2.79. The maximum absolute atomic E-state index is 13.9. The molecule has 1 aliphatic rings. The Bertz CT molecular complexity index is 945. The van der Waals surface area contributed by atoms with Gasteiger partial charge in [0.15, 0.2) is 0 Å². The number of likely N-dealkylation sites (tertiary alicyclic amines) is 1. The molecule has 1 fully saturated rings. The van der Waals surface area contributed by atoms with Gasteiger partial charge in [0.25, 0.3) is 5.91 Å². The van der Waals surface area contributed by atoms with Crippen LogP contribution in [0.4, 0.5) is 4.39 Å². The van der Waals surface area contributed by atoms with Crippen LogP contribution in [0.3, 0.4) is 0 Å². The second kappa shape index (κ2) is 7.84. The smallest absolute Gasteiger partial charge is 0.269 e. The Morgan fingerprint density at radius 2 is 1.96 bits per heavy atom. The fourth-order valence-corrected chi connectivity index (χ4v) is 3.69. The van der Waals surface area contributed by atoms with Crippen LogP contribution < -0.4 is 5.32 Å². The molecule has 3 aromatic rings. The van der Waals surface area contributed by atoms with Crippen LogP contribution in [0.2, 0.25) is 0 Å². The lowest BCUT2D eigenvalue weighted by molar-refractivity contribution is 0.0945. The van der Waals surface area contributed by atoms with Crippen molar-refractivity contribution in [1.29, 1.82) is 0 Å². The summed E-state index contributed by atoms with van der Waals surface area (Å²) < 4.78 is 13.9. The number of nitrogens with one attached hydrogen (secondary N) is 1. The minimum absolute atomic E-state index is 0.232. The number of hydrogen-bond donors (Lipinski definition) is 1. The number of nitrogens with zero attached hydrogens (tertiary/aromatic N) is 2. The van der Waals surface area contributed by atoms with E-state index < -0.39 is 5.82 Å². The maximum atomic E-state index is 13.9. The van der Waals surface area contributed by atoms with E-state index in [9.17, 15) is 9.18 Å². The summed E-state index contributed by atoms with van der Waals surface area (Å²) in [7, 11) is 0. The molecule has 1 aliphatic heterocycles. The first-order chi connectivity index (χ1) is 13.2. The highest BCUT2D eigenvalue weighted by atomic mass is 19.1. The second-order valence-corrected chi connectivity index (χ2v) is 6.96. The third-order valence-electron chi connectivity index (χ3n) is 5.16. The van der Waals surface area contributed by atoms with Gasteiger partial charge in [0.1, 0.15) is 17.0 Å². The average Bonchev–Trinajstić information content (AvgIpc) is 3.18. The lowest BCUT2D eigenvalue weighted by Crippen LogP contribution is -2.34. The first-order valence-corrected chi connectivity index (χ1v) is 9.31. The van der Waals surface area contributed by atoms with Gasteiger partial charge in [0.05, 0.1) is 0 Å². The van der Waals surface area contributed by atoms with Crippen LogP contribution >= 0.6 is 0 Å². The van der Waals surface area contributed by atoms with Crippen molar-refractivity contribution >= 4 is 16.8 Å². The maximum Gasteiger partial charge on any atom is 0.269 e. The van der Waals surface area contributed by atoms with Crippen LogP contribution in [-0.4, -0.2) is 42.0 Å². The molecular formula is C22H22FN3O. The van der Waals surface area contributed by atoms with E-state index in [1.165, 1.54) is 11.6 Å². The number of aromatic nitrogens is 1. The molecule has 0 spiro atoms. The fraction of sp³-hybridized carbons (Fsp3) is 0.273. The predicted molar refractivity (Wildman–Crippen MR) is 104 cm³/mol. The minimum atomic E-state index is -0.411. The Balaban J connectivity index is 1.31. The summed E-state index contributed by atoms with van der Waals surface area (Å²) in [6, 6.07) is 18.7. The largest absolute Gasteiger partial charge is 0.349 e. The Morgan fingerprint density at radius 3 is 2.81 bits per heavy atom. The minimum Gasteiger partial charge on any atom is -0.349 e. The molecule has 0 radical (unpaired) electrons. The summed E-state index contributed by atoms with van der Waals surface area (Å²) in [4.78, 5) is 18.9. The van der Waals surface area contributed by atoms with E-state index in [1.54, 1.807) is 24.3 Å². The van der Waals surface area contributed by atoms with E-state index in [-0.39, 0.29) is 17.1 Å². The molecule has 1 amide bonds. The number of amides is 1. The monoisotopic (exact) mass is 363 g/mol. The second-order valence-electron chi connectivity index (χ2n) is 6.96. The first kappa shape index (κ1) is 17.6. The summed E-state index contributed by atoms with van der Waals surface area (Å²) in [6.45, 7) is 3.41. The molecule has 1 aromatic heterocycles. The molecule has 1 N–H and O–H groups in total. The fourth-order valence-electron chi connectivity index (χ4n) is 3.69.